The van der Waals surface area contributed by atoms with Crippen molar-refractivity contribution >= 4 is 15.7 Å². The van der Waals surface area contributed by atoms with Crippen molar-refractivity contribution in [2.45, 2.75) is 66.5 Å². The molecule has 0 aliphatic carbocycles. The summed E-state index contributed by atoms with van der Waals surface area (Å²) < 4.78 is 30.6. The van der Waals surface area contributed by atoms with E-state index in [0.29, 0.717) is 0 Å². The van der Waals surface area contributed by atoms with Crippen molar-refractivity contribution < 1.29 is 8.78 Å². The monoisotopic (exact) mass is 258 g/mol. The molecule has 0 bridgehead atoms. The molecule has 0 fully saturated rings. The van der Waals surface area contributed by atoms with Crippen LogP contribution in [0, 0.1) is 22.7 Å². The molecule has 0 amide bonds. The summed E-state index contributed by atoms with van der Waals surface area (Å²) in [6.07, 6.45) is 0. The number of rotatable bonds is 5. The van der Waals surface area contributed by atoms with Crippen LogP contribution in [0.2, 0.25) is 0 Å². The van der Waals surface area contributed by atoms with Gasteiger partial charge < -0.3 is 0 Å². The van der Waals surface area contributed by atoms with Gasteiger partial charge in [0.2, 0.25) is 0 Å². The van der Waals surface area contributed by atoms with Gasteiger partial charge in [-0.15, -0.1) is 0 Å². The summed E-state index contributed by atoms with van der Waals surface area (Å²) in [7, 11) is 3.10. The predicted octanol–water partition coefficient (Wildman–Crippen LogP) is 2.95. The van der Waals surface area contributed by atoms with Crippen LogP contribution < -0.4 is 0 Å². The molecular formula is C14H30B2F2. The van der Waals surface area contributed by atoms with Gasteiger partial charge in [0.05, 0.1) is 11.1 Å². The van der Waals surface area contributed by atoms with Crippen LogP contribution in [0.25, 0.3) is 0 Å². The molecule has 0 saturated heterocycles. The smallest absolute Gasteiger partial charge is 0.151 e. The number of hydrogen-bond donors (Lipinski definition) is 0. The van der Waals surface area contributed by atoms with Crippen molar-refractivity contribution in [2.75, 3.05) is 0 Å². The highest BCUT2D eigenvalue weighted by Crippen LogP contribution is 2.55. The molecule has 0 heterocycles. The maximum Gasteiger partial charge on any atom is 0.151 e. The Kier molecular flexibility index (Phi) is 4.83. The largest absolute Gasteiger partial charge is 0.253 e. The first kappa shape index (κ1) is 18.0. The van der Waals surface area contributed by atoms with Gasteiger partial charge in [0.1, 0.15) is 0 Å². The zero-order chi connectivity index (χ0) is 15.2. The lowest BCUT2D eigenvalue weighted by Gasteiger charge is -2.56. The lowest BCUT2D eigenvalue weighted by Crippen LogP contribution is -2.64. The first-order valence-electron chi connectivity index (χ1n) is 7.01. The van der Waals surface area contributed by atoms with E-state index in [0.717, 1.165) is 0 Å². The maximum absolute atomic E-state index is 15.5. The Bertz CT molecular complexity index is 262. The normalized spacial score (nSPS) is 20.9. The third kappa shape index (κ3) is 2.36. The van der Waals surface area contributed by atoms with Crippen LogP contribution in [0.5, 0.6) is 0 Å². The number of alkyl halides is 2. The molecule has 0 aliphatic heterocycles. The Labute approximate surface area is 114 Å². The van der Waals surface area contributed by atoms with Gasteiger partial charge in [-0.25, -0.2) is 0 Å². The van der Waals surface area contributed by atoms with Gasteiger partial charge >= 0.3 is 0 Å². The molecule has 18 heavy (non-hydrogen) atoms. The summed E-state index contributed by atoms with van der Waals surface area (Å²) in [5.41, 5.74) is -4.79. The molecule has 0 aromatic heterocycles. The summed E-state index contributed by atoms with van der Waals surface area (Å²) in [6.45, 7) is 14.9. The molecule has 0 nitrogen and oxygen atoms in total. The Morgan fingerprint density at radius 2 is 1.11 bits per heavy atom. The van der Waals surface area contributed by atoms with E-state index in [1.165, 1.54) is 7.85 Å². The minimum absolute atomic E-state index is 0.148. The van der Waals surface area contributed by atoms with Crippen molar-refractivity contribution in [1.82, 2.24) is 0 Å². The van der Waals surface area contributed by atoms with Crippen molar-refractivity contribution in [3.05, 3.63) is 0 Å². The van der Waals surface area contributed by atoms with Gasteiger partial charge in [0, 0.05) is 5.41 Å². The molecule has 0 rings (SSSR count). The first-order valence-corrected chi connectivity index (χ1v) is 7.01. The summed E-state index contributed by atoms with van der Waals surface area (Å²) in [4.78, 5) is 0. The van der Waals surface area contributed by atoms with Crippen LogP contribution in [0.15, 0.2) is 0 Å². The summed E-state index contributed by atoms with van der Waals surface area (Å²) in [5.74, 6) is -0.0692. The summed E-state index contributed by atoms with van der Waals surface area (Å²) in [5, 5.41) is 0. The van der Waals surface area contributed by atoms with Gasteiger partial charge in [-0.1, -0.05) is 55.4 Å². The van der Waals surface area contributed by atoms with Crippen molar-refractivity contribution in [2.24, 2.45) is 22.7 Å². The van der Waals surface area contributed by atoms with Gasteiger partial charge in [0.15, 0.2) is 15.7 Å². The number of halogens is 2. The van der Waals surface area contributed by atoms with Gasteiger partial charge in [-0.2, -0.15) is 0 Å². The molecule has 4 heteroatoms. The molecule has 0 aromatic carbocycles. The van der Waals surface area contributed by atoms with Crippen LogP contribution in [0.4, 0.5) is 8.78 Å². The maximum atomic E-state index is 15.5. The van der Waals surface area contributed by atoms with Crippen molar-refractivity contribution in [3.8, 4) is 0 Å². The molecule has 106 valence electrons. The van der Waals surface area contributed by atoms with Crippen molar-refractivity contribution in [3.63, 3.8) is 0 Å². The second-order valence-electron chi connectivity index (χ2n) is 7.73. The van der Waals surface area contributed by atoms with Crippen LogP contribution >= 0.6 is 0 Å². The molecule has 0 aromatic rings. The highest BCUT2D eigenvalue weighted by molar-refractivity contribution is 6.19. The van der Waals surface area contributed by atoms with E-state index in [2.05, 4.69) is 0 Å². The van der Waals surface area contributed by atoms with E-state index in [9.17, 15) is 0 Å². The summed E-state index contributed by atoms with van der Waals surface area (Å²) in [6, 6.07) is 0. The number of hydrogen-bond acceptors (Lipinski definition) is 0. The fraction of sp³-hybridized carbons (Fsp3) is 1.00. The van der Waals surface area contributed by atoms with Crippen LogP contribution in [0.1, 0.15) is 55.4 Å². The lowest BCUT2D eigenvalue weighted by molar-refractivity contribution is -0.104. The molecular weight excluding hydrogens is 228 g/mol. The second-order valence-corrected chi connectivity index (χ2v) is 7.73. The molecule has 0 aliphatic rings. The molecule has 2 atom stereocenters. The van der Waals surface area contributed by atoms with E-state index in [4.69, 9.17) is 0 Å². The van der Waals surface area contributed by atoms with Gasteiger partial charge in [-0.3, -0.25) is 8.78 Å². The Balaban J connectivity index is 5.74. The minimum Gasteiger partial charge on any atom is -0.253 e. The molecule has 0 saturated carbocycles. The topological polar surface area (TPSA) is 0 Å². The predicted molar refractivity (Wildman–Crippen MR) is 82.0 cm³/mol. The fourth-order valence-electron chi connectivity index (χ4n) is 2.53. The lowest BCUT2D eigenvalue weighted by atomic mass is 9.42. The van der Waals surface area contributed by atoms with E-state index in [1.54, 1.807) is 21.7 Å². The SMILES string of the molecule is BC(F)(C(C)C)C(C)(C)C(B)(F)C(C)(C)C(C)C. The zero-order valence-electron chi connectivity index (χ0n) is 13.9. The van der Waals surface area contributed by atoms with E-state index in [1.807, 2.05) is 41.5 Å². The van der Waals surface area contributed by atoms with Crippen molar-refractivity contribution in [1.29, 1.82) is 0 Å². The molecule has 0 N–H and O–H groups in total. The van der Waals surface area contributed by atoms with Gasteiger partial charge in [-0.05, 0) is 17.3 Å². The van der Waals surface area contributed by atoms with Crippen LogP contribution in [-0.4, -0.2) is 26.8 Å². The first-order chi connectivity index (χ1) is 7.64. The quantitative estimate of drug-likeness (QED) is 0.665. The summed E-state index contributed by atoms with van der Waals surface area (Å²) >= 11 is 0. The zero-order valence-corrected chi connectivity index (χ0v) is 13.9. The molecule has 0 radical (unpaired) electrons. The minimum atomic E-state index is -1.60. The van der Waals surface area contributed by atoms with E-state index in [-0.39, 0.29) is 11.8 Å². The molecule has 2 unspecified atom stereocenters. The highest BCUT2D eigenvalue weighted by atomic mass is 19.2. The standard InChI is InChI=1S/C14H30B2F2/c1-9(2)11(5,6)14(16,18)12(7,8)13(15,17)10(3)4/h9-10H,15-16H2,1-8H3. The Morgan fingerprint density at radius 1 is 0.778 bits per heavy atom. The second kappa shape index (κ2) is 4.83. The third-order valence-electron chi connectivity index (χ3n) is 6.13. The average Bonchev–Trinajstić information content (AvgIpc) is 2.15. The van der Waals surface area contributed by atoms with E-state index >= 15 is 8.78 Å². The molecule has 0 spiro atoms. The average molecular weight is 258 g/mol. The van der Waals surface area contributed by atoms with Gasteiger partial charge in [0.25, 0.3) is 0 Å². The van der Waals surface area contributed by atoms with Crippen LogP contribution in [0.3, 0.4) is 0 Å². The third-order valence-corrected chi connectivity index (χ3v) is 6.13. The van der Waals surface area contributed by atoms with Crippen LogP contribution in [-0.2, 0) is 0 Å². The Hall–Kier alpha value is -0.0101. The van der Waals surface area contributed by atoms with E-state index < -0.39 is 22.0 Å². The highest BCUT2D eigenvalue weighted by Gasteiger charge is 2.61. The Morgan fingerprint density at radius 3 is 1.33 bits per heavy atom. The fourth-order valence-corrected chi connectivity index (χ4v) is 2.53.